The molecule has 1 aliphatic heterocycles. The van der Waals surface area contributed by atoms with Crippen LogP contribution in [0.3, 0.4) is 0 Å². The summed E-state index contributed by atoms with van der Waals surface area (Å²) < 4.78 is 10.6. The van der Waals surface area contributed by atoms with Crippen LogP contribution in [0.4, 0.5) is 0 Å². The standard InChI is InChI=1S/C20H17NO4/c1-12-4-7-17-14(8-12)18(22)13(10-24-17)5-6-16-15(9-21)19(23)25-11-20(16,2)3/h4-8,10H,11H2,1-3H3. The summed E-state index contributed by atoms with van der Waals surface area (Å²) in [6.07, 6.45) is 4.60. The average molecular weight is 335 g/mol. The first kappa shape index (κ1) is 16.7. The first-order chi connectivity index (χ1) is 11.8. The molecular formula is C20H17NO4. The molecule has 3 rings (SSSR count). The number of nitriles is 1. The summed E-state index contributed by atoms with van der Waals surface area (Å²) in [5.41, 5.74) is 1.69. The van der Waals surface area contributed by atoms with E-state index >= 15 is 0 Å². The van der Waals surface area contributed by atoms with Crippen molar-refractivity contribution in [1.82, 2.24) is 0 Å². The molecule has 0 bridgehead atoms. The Kier molecular flexibility index (Phi) is 4.05. The monoisotopic (exact) mass is 335 g/mol. The summed E-state index contributed by atoms with van der Waals surface area (Å²) >= 11 is 0. The van der Waals surface area contributed by atoms with Gasteiger partial charge in [0.05, 0.1) is 10.9 Å². The molecule has 126 valence electrons. The van der Waals surface area contributed by atoms with Crippen molar-refractivity contribution in [3.05, 3.63) is 63.0 Å². The zero-order valence-electron chi connectivity index (χ0n) is 14.3. The predicted molar refractivity (Wildman–Crippen MR) is 93.6 cm³/mol. The molecule has 1 aliphatic rings. The first-order valence-corrected chi connectivity index (χ1v) is 7.86. The summed E-state index contributed by atoms with van der Waals surface area (Å²) in [6, 6.07) is 7.31. The molecule has 25 heavy (non-hydrogen) atoms. The van der Waals surface area contributed by atoms with Gasteiger partial charge in [0.2, 0.25) is 0 Å². The minimum absolute atomic E-state index is 0.0338. The highest BCUT2D eigenvalue weighted by atomic mass is 16.5. The van der Waals surface area contributed by atoms with E-state index in [4.69, 9.17) is 9.15 Å². The van der Waals surface area contributed by atoms with Gasteiger partial charge in [-0.25, -0.2) is 4.79 Å². The van der Waals surface area contributed by atoms with E-state index in [1.807, 2.05) is 32.9 Å². The highest BCUT2D eigenvalue weighted by molar-refractivity contribution is 5.95. The molecule has 0 radical (unpaired) electrons. The number of hydrogen-bond donors (Lipinski definition) is 0. The van der Waals surface area contributed by atoms with Crippen LogP contribution in [0.5, 0.6) is 0 Å². The van der Waals surface area contributed by atoms with Crippen LogP contribution < -0.4 is 5.43 Å². The zero-order chi connectivity index (χ0) is 18.2. The number of ether oxygens (including phenoxy) is 1. The topological polar surface area (TPSA) is 80.3 Å². The van der Waals surface area contributed by atoms with Crippen molar-refractivity contribution in [2.24, 2.45) is 5.41 Å². The van der Waals surface area contributed by atoms with Crippen molar-refractivity contribution in [3.63, 3.8) is 0 Å². The van der Waals surface area contributed by atoms with Crippen LogP contribution in [0, 0.1) is 23.7 Å². The Morgan fingerprint density at radius 3 is 2.72 bits per heavy atom. The van der Waals surface area contributed by atoms with Crippen molar-refractivity contribution in [2.75, 3.05) is 6.61 Å². The second-order valence-corrected chi connectivity index (χ2v) is 6.71. The van der Waals surface area contributed by atoms with Gasteiger partial charge in [-0.15, -0.1) is 0 Å². The van der Waals surface area contributed by atoms with Gasteiger partial charge >= 0.3 is 5.97 Å². The van der Waals surface area contributed by atoms with Crippen LogP contribution >= 0.6 is 0 Å². The normalized spacial score (nSPS) is 17.0. The molecule has 0 fully saturated rings. The summed E-state index contributed by atoms with van der Waals surface area (Å²) in [4.78, 5) is 24.4. The fourth-order valence-electron chi connectivity index (χ4n) is 2.81. The molecule has 0 saturated carbocycles. The molecule has 2 heterocycles. The van der Waals surface area contributed by atoms with Gasteiger partial charge in [-0.1, -0.05) is 31.6 Å². The summed E-state index contributed by atoms with van der Waals surface area (Å²) in [5, 5.41) is 9.76. The molecule has 0 saturated heterocycles. The molecule has 0 spiro atoms. The van der Waals surface area contributed by atoms with Crippen LogP contribution in [0.1, 0.15) is 25.0 Å². The Bertz CT molecular complexity index is 1030. The Labute approximate surface area is 144 Å². The van der Waals surface area contributed by atoms with E-state index in [1.54, 1.807) is 24.3 Å². The van der Waals surface area contributed by atoms with Crippen LogP contribution in [-0.2, 0) is 9.53 Å². The van der Waals surface area contributed by atoms with Gasteiger partial charge in [0, 0.05) is 5.41 Å². The van der Waals surface area contributed by atoms with E-state index in [-0.39, 0.29) is 17.6 Å². The van der Waals surface area contributed by atoms with Gasteiger partial charge in [0.25, 0.3) is 0 Å². The van der Waals surface area contributed by atoms with Gasteiger partial charge < -0.3 is 9.15 Å². The lowest BCUT2D eigenvalue weighted by Crippen LogP contribution is -2.31. The van der Waals surface area contributed by atoms with Crippen molar-refractivity contribution >= 4 is 23.0 Å². The molecule has 0 unspecified atom stereocenters. The Hall–Kier alpha value is -3.13. The number of allylic oxidation sites excluding steroid dienone is 1. The summed E-state index contributed by atoms with van der Waals surface area (Å²) in [7, 11) is 0. The minimum atomic E-state index is -0.636. The van der Waals surface area contributed by atoms with E-state index in [9.17, 15) is 14.9 Å². The number of fused-ring (bicyclic) bond motifs is 1. The second-order valence-electron chi connectivity index (χ2n) is 6.71. The number of hydrogen-bond acceptors (Lipinski definition) is 5. The third-order valence-corrected chi connectivity index (χ3v) is 4.26. The number of aryl methyl sites for hydroxylation is 1. The number of carbonyl (C=O) groups excluding carboxylic acids is 1. The Balaban J connectivity index is 2.12. The summed E-state index contributed by atoms with van der Waals surface area (Å²) in [6.45, 7) is 5.84. The highest BCUT2D eigenvalue weighted by Crippen LogP contribution is 2.34. The van der Waals surface area contributed by atoms with Gasteiger partial charge in [0.1, 0.15) is 30.1 Å². The lowest BCUT2D eigenvalue weighted by atomic mass is 9.80. The number of carbonyl (C=O) groups is 1. The maximum absolute atomic E-state index is 12.6. The van der Waals surface area contributed by atoms with Crippen LogP contribution in [0.25, 0.3) is 17.0 Å². The quantitative estimate of drug-likeness (QED) is 0.785. The average Bonchev–Trinajstić information content (AvgIpc) is 2.57. The number of rotatable bonds is 2. The minimum Gasteiger partial charge on any atom is -0.463 e. The molecule has 5 nitrogen and oxygen atoms in total. The van der Waals surface area contributed by atoms with E-state index in [0.717, 1.165) is 5.56 Å². The van der Waals surface area contributed by atoms with E-state index in [0.29, 0.717) is 22.1 Å². The lowest BCUT2D eigenvalue weighted by molar-refractivity contribution is -0.142. The van der Waals surface area contributed by atoms with Crippen LogP contribution in [-0.4, -0.2) is 12.6 Å². The molecule has 5 heteroatoms. The number of cyclic esters (lactones) is 1. The van der Waals surface area contributed by atoms with Crippen LogP contribution in [0.15, 0.2) is 50.9 Å². The molecule has 0 atom stereocenters. The Morgan fingerprint density at radius 1 is 1.24 bits per heavy atom. The molecule has 0 amide bonds. The van der Waals surface area contributed by atoms with Crippen molar-refractivity contribution in [3.8, 4) is 6.07 Å². The predicted octanol–water partition coefficient (Wildman–Crippen LogP) is 3.52. The number of benzene rings is 1. The van der Waals surface area contributed by atoms with Gasteiger partial charge in [-0.3, -0.25) is 4.79 Å². The van der Waals surface area contributed by atoms with Crippen LogP contribution in [0.2, 0.25) is 0 Å². The van der Waals surface area contributed by atoms with E-state index < -0.39 is 11.4 Å². The first-order valence-electron chi connectivity index (χ1n) is 7.86. The SMILES string of the molecule is Cc1ccc2occ(C=CC3=C(C#N)C(=O)OCC3(C)C)c(=O)c2c1. The maximum Gasteiger partial charge on any atom is 0.349 e. The summed E-state index contributed by atoms with van der Waals surface area (Å²) in [5.74, 6) is -0.636. The van der Waals surface area contributed by atoms with Gasteiger partial charge in [-0.05, 0) is 30.7 Å². The fraction of sp³-hybridized carbons (Fsp3) is 0.250. The fourth-order valence-corrected chi connectivity index (χ4v) is 2.81. The molecular weight excluding hydrogens is 318 g/mol. The van der Waals surface area contributed by atoms with Crippen molar-refractivity contribution < 1.29 is 13.9 Å². The van der Waals surface area contributed by atoms with Crippen molar-refractivity contribution in [1.29, 1.82) is 5.26 Å². The Morgan fingerprint density at radius 2 is 2.00 bits per heavy atom. The zero-order valence-corrected chi connectivity index (χ0v) is 14.3. The highest BCUT2D eigenvalue weighted by Gasteiger charge is 2.34. The van der Waals surface area contributed by atoms with Crippen molar-refractivity contribution in [2.45, 2.75) is 20.8 Å². The lowest BCUT2D eigenvalue weighted by Gasteiger charge is -2.30. The largest absolute Gasteiger partial charge is 0.463 e. The van der Waals surface area contributed by atoms with E-state index in [1.165, 1.54) is 6.26 Å². The van der Waals surface area contributed by atoms with E-state index in [2.05, 4.69) is 0 Å². The smallest absolute Gasteiger partial charge is 0.349 e. The van der Waals surface area contributed by atoms with Gasteiger partial charge in [0.15, 0.2) is 5.43 Å². The number of nitrogens with zero attached hydrogens (tertiary/aromatic N) is 1. The second kappa shape index (κ2) is 6.06. The third kappa shape index (κ3) is 2.99. The molecule has 0 aliphatic carbocycles. The molecule has 1 aromatic carbocycles. The number of esters is 1. The molecule has 2 aromatic rings. The molecule has 0 N–H and O–H groups in total. The molecule has 1 aromatic heterocycles. The maximum atomic E-state index is 12.6. The third-order valence-electron chi connectivity index (χ3n) is 4.26. The van der Waals surface area contributed by atoms with Gasteiger partial charge in [-0.2, -0.15) is 5.26 Å².